The Bertz CT molecular complexity index is 894. The molecule has 1 aromatic carbocycles. The Morgan fingerprint density at radius 1 is 1.30 bits per heavy atom. The van der Waals surface area contributed by atoms with Crippen LogP contribution in [0.3, 0.4) is 0 Å². The molecule has 2 N–H and O–H groups in total. The van der Waals surface area contributed by atoms with Crippen molar-refractivity contribution in [3.63, 3.8) is 0 Å². The third-order valence-corrected chi connectivity index (χ3v) is 10.7. The molecule has 0 amide bonds. The summed E-state index contributed by atoms with van der Waals surface area (Å²) in [5, 5.41) is 5.28. The number of nitrogens with two attached hydrogens (primary N) is 1. The average Bonchev–Trinajstić information content (AvgIpc) is 2.96. The summed E-state index contributed by atoms with van der Waals surface area (Å²) in [6.45, 7) is 2.44. The molecule has 148 valence electrons. The van der Waals surface area contributed by atoms with Gasteiger partial charge in [0, 0.05) is 0 Å². The Labute approximate surface area is 181 Å². The Kier molecular flexibility index (Phi) is 7.37. The number of rotatable bonds is 6. The summed E-state index contributed by atoms with van der Waals surface area (Å²) >= 11 is 3.13. The van der Waals surface area contributed by atoms with Gasteiger partial charge < -0.3 is 0 Å². The molecule has 3 nitrogen and oxygen atoms in total. The fourth-order valence-corrected chi connectivity index (χ4v) is 9.59. The summed E-state index contributed by atoms with van der Waals surface area (Å²) in [6.07, 6.45) is 1.27. The summed E-state index contributed by atoms with van der Waals surface area (Å²) in [7, 11) is 0. The quantitative estimate of drug-likeness (QED) is 0.395. The van der Waals surface area contributed by atoms with Crippen LogP contribution in [0.5, 0.6) is 0 Å². The monoisotopic (exact) mass is 622 g/mol. The van der Waals surface area contributed by atoms with Crippen molar-refractivity contribution in [3.8, 4) is 11.3 Å². The van der Waals surface area contributed by atoms with Gasteiger partial charge >= 0.3 is 182 Å². The second-order valence-electron chi connectivity index (χ2n) is 5.83. The number of allylic oxidation sites excluding steroid dienone is 1. The fraction of sp³-hybridized carbons (Fsp3) is 0.333. The molecular weight excluding hydrogens is 604 g/mol. The maximum absolute atomic E-state index is 14.3. The van der Waals surface area contributed by atoms with E-state index in [-0.39, 0.29) is 12.1 Å². The third kappa shape index (κ3) is 4.76. The fourth-order valence-electron chi connectivity index (χ4n) is 2.96. The number of alkyl halides is 2. The summed E-state index contributed by atoms with van der Waals surface area (Å²) in [6, 6.07) is 7.30. The van der Waals surface area contributed by atoms with E-state index in [4.69, 9.17) is 17.3 Å². The molecule has 0 unspecified atom stereocenters. The molecule has 1 aliphatic heterocycles. The van der Waals surface area contributed by atoms with Crippen LogP contribution in [0.1, 0.15) is 18.2 Å². The number of nitrogens with zero attached hydrogens (tertiary/aromatic N) is 2. The Morgan fingerprint density at radius 2 is 2.00 bits per heavy atom. The van der Waals surface area contributed by atoms with Gasteiger partial charge in [0.25, 0.3) is 0 Å². The number of hydrogen-bond donors (Lipinski definition) is 1. The van der Waals surface area contributed by atoms with Crippen molar-refractivity contribution in [2.45, 2.75) is 30.5 Å². The molecule has 1 aliphatic rings. The van der Waals surface area contributed by atoms with Crippen molar-refractivity contribution in [2.75, 3.05) is 6.54 Å². The Balaban J connectivity index is 2.07. The van der Waals surface area contributed by atoms with E-state index >= 15 is 0 Å². The molecule has 27 heavy (non-hydrogen) atoms. The van der Waals surface area contributed by atoms with Crippen molar-refractivity contribution < 1.29 is 34.4 Å². The SMILES string of the molecule is CCc1c(CCN)c(-c2ccc(Cl)cc2)nn1CC1=C(F)I=C(F)[I-][C@H]1F. The van der Waals surface area contributed by atoms with Crippen LogP contribution < -0.4 is 26.9 Å². The van der Waals surface area contributed by atoms with Gasteiger partial charge in [0.1, 0.15) is 0 Å². The zero-order chi connectivity index (χ0) is 19.6. The van der Waals surface area contributed by atoms with Gasteiger partial charge in [0.15, 0.2) is 0 Å². The van der Waals surface area contributed by atoms with E-state index in [0.717, 1.165) is 22.5 Å². The van der Waals surface area contributed by atoms with Gasteiger partial charge in [0.2, 0.25) is 0 Å². The molecule has 0 saturated carbocycles. The van der Waals surface area contributed by atoms with E-state index in [1.54, 1.807) is 16.8 Å². The molecule has 1 atom stereocenters. The van der Waals surface area contributed by atoms with Crippen molar-refractivity contribution >= 4 is 34.1 Å². The first kappa shape index (κ1) is 21.3. The number of halogens is 6. The van der Waals surface area contributed by atoms with E-state index in [1.165, 1.54) is 0 Å². The van der Waals surface area contributed by atoms with Gasteiger partial charge in [-0.3, -0.25) is 0 Å². The molecule has 9 heteroatoms. The van der Waals surface area contributed by atoms with Crippen LogP contribution >= 0.6 is 32.3 Å². The number of benzene rings is 1. The van der Waals surface area contributed by atoms with Crippen molar-refractivity contribution in [1.82, 2.24) is 9.78 Å². The van der Waals surface area contributed by atoms with Crippen molar-refractivity contribution in [3.05, 3.63) is 50.0 Å². The van der Waals surface area contributed by atoms with Crippen LogP contribution in [0.25, 0.3) is 11.3 Å². The van der Waals surface area contributed by atoms with E-state index in [2.05, 4.69) is 5.10 Å². The molecule has 2 aromatic rings. The average molecular weight is 623 g/mol. The molecule has 0 fully saturated rings. The number of hydrogen-bond acceptors (Lipinski definition) is 2. The van der Waals surface area contributed by atoms with Gasteiger partial charge in [-0.15, -0.1) is 0 Å². The zero-order valence-corrected chi connectivity index (χ0v) is 19.5. The molecule has 0 spiro atoms. The maximum atomic E-state index is 14.3. The van der Waals surface area contributed by atoms with Gasteiger partial charge in [-0.05, 0) is 0 Å². The first-order valence-electron chi connectivity index (χ1n) is 8.32. The van der Waals surface area contributed by atoms with Crippen LogP contribution in [0.2, 0.25) is 5.02 Å². The molecular formula is C18H18ClF3I2N3-. The second kappa shape index (κ2) is 9.36. The van der Waals surface area contributed by atoms with Crippen molar-refractivity contribution in [2.24, 2.45) is 5.73 Å². The first-order valence-corrected chi connectivity index (χ1v) is 13.2. The summed E-state index contributed by atoms with van der Waals surface area (Å²) in [5.41, 5.74) is 9.37. The Morgan fingerprint density at radius 3 is 2.59 bits per heavy atom. The second-order valence-corrected chi connectivity index (χ2v) is 13.4. The summed E-state index contributed by atoms with van der Waals surface area (Å²) < 4.78 is 41.1. The van der Waals surface area contributed by atoms with Gasteiger partial charge in [-0.2, -0.15) is 0 Å². The molecule has 0 saturated heterocycles. The van der Waals surface area contributed by atoms with Crippen molar-refractivity contribution in [1.29, 1.82) is 0 Å². The topological polar surface area (TPSA) is 43.8 Å². The normalized spacial score (nSPS) is 18.0. The Hall–Kier alpha value is -0.460. The van der Waals surface area contributed by atoms with Crippen LogP contribution in [0, 0.1) is 0 Å². The molecule has 0 radical (unpaired) electrons. The molecule has 2 heterocycles. The molecule has 0 bridgehead atoms. The predicted octanol–water partition coefficient (Wildman–Crippen LogP) is 1.87. The molecule has 3 rings (SSSR count). The number of aromatic nitrogens is 2. The van der Waals surface area contributed by atoms with Gasteiger partial charge in [-0.1, -0.05) is 0 Å². The zero-order valence-electron chi connectivity index (χ0n) is 14.5. The van der Waals surface area contributed by atoms with E-state index in [1.807, 2.05) is 19.1 Å². The predicted molar refractivity (Wildman–Crippen MR) is 108 cm³/mol. The first-order chi connectivity index (χ1) is 12.9. The van der Waals surface area contributed by atoms with Crippen LogP contribution in [0.4, 0.5) is 13.2 Å². The van der Waals surface area contributed by atoms with E-state index in [9.17, 15) is 13.2 Å². The summed E-state index contributed by atoms with van der Waals surface area (Å²) in [4.78, 5) is 0. The minimum absolute atomic E-state index is 0.0219. The minimum atomic E-state index is -1.52. The van der Waals surface area contributed by atoms with Gasteiger partial charge in [-0.25, -0.2) is 0 Å². The van der Waals surface area contributed by atoms with Crippen LogP contribution in [0.15, 0.2) is 33.7 Å². The van der Waals surface area contributed by atoms with Gasteiger partial charge in [0.05, 0.1) is 0 Å². The summed E-state index contributed by atoms with van der Waals surface area (Å²) in [5.74, 6) is 0. The van der Waals surface area contributed by atoms with Crippen LogP contribution in [-0.4, -0.2) is 22.3 Å². The standard InChI is InChI=1S/C18H18ClF3I2N3/c1-2-14-12(7-8-25)15(10-3-5-11(19)6-4-10)26-27(14)9-13-16(20)23-18(22)24-17(13)21/h3-6,16H,2,7-9,25H2,1H3/q-1/t16-/m1/s1. The van der Waals surface area contributed by atoms with E-state index < -0.39 is 51.7 Å². The third-order valence-electron chi connectivity index (χ3n) is 4.17. The molecule has 0 aliphatic carbocycles. The van der Waals surface area contributed by atoms with E-state index in [0.29, 0.717) is 24.4 Å². The van der Waals surface area contributed by atoms with Crippen LogP contribution in [-0.2, 0) is 19.4 Å². The molecule has 1 aromatic heterocycles.